The molecular formula is C21H18BrN5O2. The van der Waals surface area contributed by atoms with Crippen molar-refractivity contribution in [3.63, 3.8) is 0 Å². The van der Waals surface area contributed by atoms with Crippen molar-refractivity contribution in [2.75, 3.05) is 5.32 Å². The minimum Gasteiger partial charge on any atom is -0.456 e. The summed E-state index contributed by atoms with van der Waals surface area (Å²) in [5, 5.41) is 3.32. The van der Waals surface area contributed by atoms with Gasteiger partial charge in [-0.3, -0.25) is 9.78 Å². The Balaban J connectivity index is 1.58. The molecule has 0 aliphatic heterocycles. The Morgan fingerprint density at radius 2 is 1.93 bits per heavy atom. The Bertz CT molecular complexity index is 1190. The number of hydrogen-bond acceptors (Lipinski definition) is 5. The van der Waals surface area contributed by atoms with Gasteiger partial charge in [-0.25, -0.2) is 4.98 Å². The van der Waals surface area contributed by atoms with E-state index in [2.05, 4.69) is 31.2 Å². The number of pyridine rings is 1. The Labute approximate surface area is 175 Å². The molecule has 4 aromatic rings. The topological polar surface area (TPSA) is 95.1 Å². The maximum atomic E-state index is 11.1. The molecule has 29 heavy (non-hydrogen) atoms. The molecule has 3 N–H and O–H groups in total. The van der Waals surface area contributed by atoms with Gasteiger partial charge in [-0.15, -0.1) is 0 Å². The first kappa shape index (κ1) is 18.9. The maximum absolute atomic E-state index is 11.1. The molecule has 0 unspecified atom stereocenters. The van der Waals surface area contributed by atoms with Crippen molar-refractivity contribution in [2.24, 2.45) is 12.8 Å². The number of aryl methyl sites for hydroxylation is 1. The number of carbonyl (C=O) groups is 1. The smallest absolute Gasteiger partial charge is 0.221 e. The Kier molecular flexibility index (Phi) is 5.18. The number of fused-ring (bicyclic) bond motifs is 1. The maximum Gasteiger partial charge on any atom is 0.221 e. The van der Waals surface area contributed by atoms with Crippen molar-refractivity contribution in [3.8, 4) is 11.5 Å². The number of carbonyl (C=O) groups excluding carboxylic acids is 1. The van der Waals surface area contributed by atoms with E-state index in [1.165, 1.54) is 0 Å². The number of benzene rings is 2. The zero-order valence-corrected chi connectivity index (χ0v) is 17.2. The number of primary amides is 1. The van der Waals surface area contributed by atoms with Gasteiger partial charge in [0.1, 0.15) is 11.5 Å². The highest BCUT2D eigenvalue weighted by atomic mass is 79.9. The van der Waals surface area contributed by atoms with E-state index in [0.29, 0.717) is 17.1 Å². The summed E-state index contributed by atoms with van der Waals surface area (Å²) in [6.07, 6.45) is 3.31. The van der Waals surface area contributed by atoms with Crippen LogP contribution >= 0.6 is 15.9 Å². The molecular weight excluding hydrogens is 434 g/mol. The van der Waals surface area contributed by atoms with Crippen LogP contribution in [-0.2, 0) is 18.3 Å². The Hall–Kier alpha value is -3.39. The molecule has 0 fully saturated rings. The molecule has 0 radical (unpaired) electrons. The van der Waals surface area contributed by atoms with Gasteiger partial charge in [-0.05, 0) is 48.0 Å². The molecule has 0 saturated heterocycles. The van der Waals surface area contributed by atoms with E-state index in [1.54, 1.807) is 18.5 Å². The number of anilines is 2. The SMILES string of the molecule is Cn1c(Nc2ccc(Br)cc2)nc2cc(Oc3cncc(CC(N)=O)c3)ccc21. The van der Waals surface area contributed by atoms with E-state index in [4.69, 9.17) is 10.5 Å². The van der Waals surface area contributed by atoms with Crippen LogP contribution in [0.1, 0.15) is 5.56 Å². The molecule has 7 nitrogen and oxygen atoms in total. The first-order valence-corrected chi connectivity index (χ1v) is 9.66. The Morgan fingerprint density at radius 1 is 1.14 bits per heavy atom. The van der Waals surface area contributed by atoms with E-state index in [0.717, 1.165) is 27.1 Å². The largest absolute Gasteiger partial charge is 0.456 e. The zero-order valence-electron chi connectivity index (χ0n) is 15.6. The van der Waals surface area contributed by atoms with Crippen LogP contribution < -0.4 is 15.8 Å². The summed E-state index contributed by atoms with van der Waals surface area (Å²) < 4.78 is 8.90. The summed E-state index contributed by atoms with van der Waals surface area (Å²) in [6, 6.07) is 15.3. The molecule has 2 aromatic carbocycles. The summed E-state index contributed by atoms with van der Waals surface area (Å²) in [6.45, 7) is 0. The summed E-state index contributed by atoms with van der Waals surface area (Å²) in [5.41, 5.74) is 8.66. The number of hydrogen-bond donors (Lipinski definition) is 2. The lowest BCUT2D eigenvalue weighted by Crippen LogP contribution is -2.13. The quantitative estimate of drug-likeness (QED) is 0.455. The van der Waals surface area contributed by atoms with E-state index in [-0.39, 0.29) is 6.42 Å². The molecule has 0 spiro atoms. The van der Waals surface area contributed by atoms with Gasteiger partial charge < -0.3 is 20.4 Å². The number of halogens is 1. The lowest BCUT2D eigenvalue weighted by atomic mass is 10.2. The van der Waals surface area contributed by atoms with Crippen LogP contribution in [0, 0.1) is 0 Å². The van der Waals surface area contributed by atoms with Crippen molar-refractivity contribution >= 4 is 44.5 Å². The molecule has 0 aliphatic rings. The Morgan fingerprint density at radius 3 is 2.69 bits per heavy atom. The van der Waals surface area contributed by atoms with Gasteiger partial charge >= 0.3 is 0 Å². The first-order valence-electron chi connectivity index (χ1n) is 8.87. The molecule has 0 bridgehead atoms. The van der Waals surface area contributed by atoms with Gasteiger partial charge in [0.2, 0.25) is 11.9 Å². The summed E-state index contributed by atoms with van der Waals surface area (Å²) in [4.78, 5) is 19.9. The van der Waals surface area contributed by atoms with Crippen LogP contribution in [0.15, 0.2) is 65.4 Å². The fraction of sp³-hybridized carbons (Fsp3) is 0.0952. The minimum absolute atomic E-state index is 0.120. The molecule has 2 heterocycles. The number of imidazole rings is 1. The van der Waals surface area contributed by atoms with Crippen molar-refractivity contribution < 1.29 is 9.53 Å². The number of nitrogens with zero attached hydrogens (tertiary/aromatic N) is 3. The summed E-state index contributed by atoms with van der Waals surface area (Å²) >= 11 is 3.43. The van der Waals surface area contributed by atoms with Crippen LogP contribution in [0.5, 0.6) is 11.5 Å². The molecule has 8 heteroatoms. The van der Waals surface area contributed by atoms with E-state index in [9.17, 15) is 4.79 Å². The third-order valence-electron chi connectivity index (χ3n) is 4.34. The standard InChI is InChI=1S/C21H18BrN5O2/c1-27-19-7-6-16(29-17-8-13(9-20(23)28)11-24-12-17)10-18(19)26-21(27)25-15-4-2-14(22)3-5-15/h2-8,10-12H,9H2,1H3,(H2,23,28)(H,25,26). The van der Waals surface area contributed by atoms with Crippen molar-refractivity contribution in [2.45, 2.75) is 6.42 Å². The monoisotopic (exact) mass is 451 g/mol. The van der Waals surface area contributed by atoms with Crippen LogP contribution in [0.25, 0.3) is 11.0 Å². The molecule has 0 saturated carbocycles. The molecule has 4 rings (SSSR count). The lowest BCUT2D eigenvalue weighted by molar-refractivity contribution is -0.117. The second kappa shape index (κ2) is 7.92. The minimum atomic E-state index is -0.412. The highest BCUT2D eigenvalue weighted by Crippen LogP contribution is 2.28. The highest BCUT2D eigenvalue weighted by Gasteiger charge is 2.10. The van der Waals surface area contributed by atoms with Gasteiger partial charge in [0.15, 0.2) is 0 Å². The van der Waals surface area contributed by atoms with Crippen LogP contribution in [-0.4, -0.2) is 20.4 Å². The number of ether oxygens (including phenoxy) is 1. The molecule has 1 amide bonds. The van der Waals surface area contributed by atoms with Crippen molar-refractivity contribution in [3.05, 3.63) is 71.0 Å². The number of nitrogens with two attached hydrogens (primary N) is 1. The summed E-state index contributed by atoms with van der Waals surface area (Å²) in [7, 11) is 1.95. The molecule has 146 valence electrons. The fourth-order valence-corrected chi connectivity index (χ4v) is 3.24. The zero-order chi connectivity index (χ0) is 20.4. The molecule has 0 aliphatic carbocycles. The van der Waals surface area contributed by atoms with Crippen LogP contribution in [0.2, 0.25) is 0 Å². The van der Waals surface area contributed by atoms with Crippen molar-refractivity contribution in [1.29, 1.82) is 0 Å². The summed E-state index contributed by atoms with van der Waals surface area (Å²) in [5.74, 6) is 1.48. The number of rotatable bonds is 6. The van der Waals surface area contributed by atoms with Crippen LogP contribution in [0.3, 0.4) is 0 Å². The van der Waals surface area contributed by atoms with Gasteiger partial charge in [-0.1, -0.05) is 15.9 Å². The van der Waals surface area contributed by atoms with Crippen molar-refractivity contribution in [1.82, 2.24) is 14.5 Å². The molecule has 0 atom stereocenters. The normalized spacial score (nSPS) is 10.8. The number of amides is 1. The second-order valence-corrected chi connectivity index (χ2v) is 7.47. The number of aromatic nitrogens is 3. The third-order valence-corrected chi connectivity index (χ3v) is 4.87. The lowest BCUT2D eigenvalue weighted by Gasteiger charge is -2.07. The average molecular weight is 452 g/mol. The molecule has 2 aromatic heterocycles. The first-order chi connectivity index (χ1) is 14.0. The third kappa shape index (κ3) is 4.38. The van der Waals surface area contributed by atoms with E-state index >= 15 is 0 Å². The van der Waals surface area contributed by atoms with Gasteiger partial charge in [0.05, 0.1) is 23.7 Å². The van der Waals surface area contributed by atoms with E-state index in [1.807, 2.05) is 54.1 Å². The average Bonchev–Trinajstić information content (AvgIpc) is 2.98. The van der Waals surface area contributed by atoms with Gasteiger partial charge in [0.25, 0.3) is 0 Å². The van der Waals surface area contributed by atoms with Crippen LogP contribution in [0.4, 0.5) is 11.6 Å². The predicted octanol–water partition coefficient (Wildman–Crippen LogP) is 4.29. The fourth-order valence-electron chi connectivity index (χ4n) is 2.97. The van der Waals surface area contributed by atoms with Gasteiger partial charge in [0, 0.05) is 29.5 Å². The van der Waals surface area contributed by atoms with E-state index < -0.39 is 5.91 Å². The number of nitrogens with one attached hydrogen (secondary N) is 1. The predicted molar refractivity (Wildman–Crippen MR) is 115 cm³/mol. The second-order valence-electron chi connectivity index (χ2n) is 6.55. The highest BCUT2D eigenvalue weighted by molar-refractivity contribution is 9.10. The van der Waals surface area contributed by atoms with Gasteiger partial charge in [-0.2, -0.15) is 0 Å².